The van der Waals surface area contributed by atoms with Gasteiger partial charge < -0.3 is 20.1 Å². The number of carboxylic acid groups (broad SMARTS) is 1. The van der Waals surface area contributed by atoms with Crippen molar-refractivity contribution in [1.82, 2.24) is 0 Å². The fourth-order valence-corrected chi connectivity index (χ4v) is 4.82. The lowest BCUT2D eigenvalue weighted by Crippen LogP contribution is -2.35. The molecule has 0 aliphatic rings. The lowest BCUT2D eigenvalue weighted by molar-refractivity contribution is -0.137. The van der Waals surface area contributed by atoms with E-state index in [1.165, 1.54) is 0 Å². The molecule has 0 saturated heterocycles. The molecule has 0 fully saturated rings. The van der Waals surface area contributed by atoms with Crippen molar-refractivity contribution in [2.75, 3.05) is 23.4 Å². The Hall–Kier alpha value is -4.62. The minimum absolute atomic E-state index is 0.0141. The van der Waals surface area contributed by atoms with Crippen LogP contribution in [0.5, 0.6) is 5.75 Å². The predicted octanol–water partition coefficient (Wildman–Crippen LogP) is 7.14. The van der Waals surface area contributed by atoms with Crippen molar-refractivity contribution < 1.29 is 24.2 Å². The molecule has 43 heavy (non-hydrogen) atoms. The summed E-state index contributed by atoms with van der Waals surface area (Å²) >= 11 is 6.15. The van der Waals surface area contributed by atoms with Crippen LogP contribution in [0.25, 0.3) is 0 Å². The van der Waals surface area contributed by atoms with E-state index in [4.69, 9.17) is 16.3 Å². The number of carbonyl (C=O) groups excluding carboxylic acids is 2. The molecule has 0 bridgehead atoms. The Morgan fingerprint density at radius 2 is 1.58 bits per heavy atom. The van der Waals surface area contributed by atoms with Gasteiger partial charge in [0.25, 0.3) is 0 Å². The third-order valence-corrected chi connectivity index (χ3v) is 7.11. The normalized spacial score (nSPS) is 11.5. The summed E-state index contributed by atoms with van der Waals surface area (Å²) in [6.45, 7) is 4.61. The van der Waals surface area contributed by atoms with Gasteiger partial charge in [0.2, 0.25) is 5.91 Å². The largest absolute Gasteiger partial charge is 0.494 e. The van der Waals surface area contributed by atoms with Crippen LogP contribution in [0, 0.1) is 5.92 Å². The molecule has 0 saturated carbocycles. The molecule has 0 spiro atoms. The summed E-state index contributed by atoms with van der Waals surface area (Å²) in [5.74, 6) is -0.706. The van der Waals surface area contributed by atoms with Gasteiger partial charge in [-0.1, -0.05) is 86.1 Å². The summed E-state index contributed by atoms with van der Waals surface area (Å²) in [5.41, 5.74) is 2.96. The van der Waals surface area contributed by atoms with Gasteiger partial charge in [-0.2, -0.15) is 0 Å². The minimum Gasteiger partial charge on any atom is -0.494 e. The van der Waals surface area contributed by atoms with Gasteiger partial charge >= 0.3 is 5.97 Å². The second-order valence-electron chi connectivity index (χ2n) is 10.5. The van der Waals surface area contributed by atoms with E-state index in [1.807, 2.05) is 44.2 Å². The van der Waals surface area contributed by atoms with Crippen molar-refractivity contribution in [2.45, 2.75) is 32.7 Å². The van der Waals surface area contributed by atoms with Crippen LogP contribution in [0.4, 0.5) is 11.4 Å². The SMILES string of the molecule is CC(C)C(=O)N(CCCOc1ccc(C[C@H](Nc2ccccc2C(=O)c2ccccc2)C(=O)O)cc1)c1cccc(Cl)c1. The second kappa shape index (κ2) is 15.0. The lowest BCUT2D eigenvalue weighted by atomic mass is 10.00. The zero-order valence-electron chi connectivity index (χ0n) is 24.2. The number of benzene rings is 4. The number of ketones is 1. The maximum absolute atomic E-state index is 13.1. The summed E-state index contributed by atoms with van der Waals surface area (Å²) in [7, 11) is 0. The molecule has 0 heterocycles. The Balaban J connectivity index is 1.35. The summed E-state index contributed by atoms with van der Waals surface area (Å²) in [4.78, 5) is 39.8. The number of nitrogens with one attached hydrogen (secondary N) is 1. The molecular weight excluding hydrogens is 564 g/mol. The maximum atomic E-state index is 13.1. The Labute approximate surface area is 257 Å². The number of hydrogen-bond donors (Lipinski definition) is 2. The molecular formula is C35H35ClN2O5. The van der Waals surface area contributed by atoms with Gasteiger partial charge in [-0.3, -0.25) is 9.59 Å². The number of rotatable bonds is 14. The number of carbonyl (C=O) groups is 3. The van der Waals surface area contributed by atoms with Crippen LogP contribution in [0.3, 0.4) is 0 Å². The van der Waals surface area contributed by atoms with Crippen molar-refractivity contribution in [1.29, 1.82) is 0 Å². The Morgan fingerprint density at radius 3 is 2.26 bits per heavy atom. The molecule has 2 N–H and O–H groups in total. The molecule has 4 aromatic rings. The highest BCUT2D eigenvalue weighted by Gasteiger charge is 2.22. The fraction of sp³-hybridized carbons (Fsp3) is 0.229. The number of aliphatic carboxylic acids is 1. The van der Waals surface area contributed by atoms with Crippen LogP contribution in [-0.4, -0.2) is 42.0 Å². The Bertz CT molecular complexity index is 1540. The first-order valence-corrected chi connectivity index (χ1v) is 14.6. The number of nitrogens with zero attached hydrogens (tertiary/aromatic N) is 1. The highest BCUT2D eigenvalue weighted by atomic mass is 35.5. The van der Waals surface area contributed by atoms with E-state index >= 15 is 0 Å². The minimum atomic E-state index is -1.03. The van der Waals surface area contributed by atoms with Crippen molar-refractivity contribution in [2.24, 2.45) is 5.92 Å². The van der Waals surface area contributed by atoms with E-state index in [-0.39, 0.29) is 24.0 Å². The molecule has 0 aliphatic carbocycles. The zero-order valence-corrected chi connectivity index (χ0v) is 25.0. The van der Waals surface area contributed by atoms with E-state index in [0.717, 1.165) is 11.3 Å². The van der Waals surface area contributed by atoms with E-state index in [1.54, 1.807) is 77.7 Å². The average Bonchev–Trinajstić information content (AvgIpc) is 3.01. The van der Waals surface area contributed by atoms with Crippen LogP contribution >= 0.6 is 11.6 Å². The average molecular weight is 599 g/mol. The van der Waals surface area contributed by atoms with Gasteiger partial charge in [-0.25, -0.2) is 4.79 Å². The first-order valence-electron chi connectivity index (χ1n) is 14.2. The van der Waals surface area contributed by atoms with E-state index in [0.29, 0.717) is 47.2 Å². The van der Waals surface area contributed by atoms with Gasteiger partial charge in [0.1, 0.15) is 11.8 Å². The molecule has 222 valence electrons. The van der Waals surface area contributed by atoms with Gasteiger partial charge in [-0.05, 0) is 54.4 Å². The zero-order chi connectivity index (χ0) is 30.8. The molecule has 0 unspecified atom stereocenters. The quantitative estimate of drug-likeness (QED) is 0.118. The molecule has 0 aliphatic heterocycles. The maximum Gasteiger partial charge on any atom is 0.326 e. The van der Waals surface area contributed by atoms with Crippen LogP contribution in [0.2, 0.25) is 5.02 Å². The molecule has 1 amide bonds. The van der Waals surface area contributed by atoms with Crippen molar-refractivity contribution in [3.05, 3.63) is 125 Å². The van der Waals surface area contributed by atoms with Gasteiger partial charge in [0, 0.05) is 46.4 Å². The van der Waals surface area contributed by atoms with E-state index in [2.05, 4.69) is 5.32 Å². The van der Waals surface area contributed by atoms with Crippen molar-refractivity contribution >= 4 is 40.6 Å². The third kappa shape index (κ3) is 8.69. The summed E-state index contributed by atoms with van der Waals surface area (Å²) in [6.07, 6.45) is 0.814. The second-order valence-corrected chi connectivity index (χ2v) is 10.9. The monoisotopic (exact) mass is 598 g/mol. The van der Waals surface area contributed by atoms with Gasteiger partial charge in [0.05, 0.1) is 6.61 Å². The number of halogens is 1. The molecule has 1 atom stereocenters. The van der Waals surface area contributed by atoms with Gasteiger partial charge in [-0.15, -0.1) is 0 Å². The lowest BCUT2D eigenvalue weighted by Gasteiger charge is -2.25. The number of para-hydroxylation sites is 1. The Morgan fingerprint density at radius 1 is 0.884 bits per heavy atom. The number of carboxylic acids is 1. The molecule has 4 aromatic carbocycles. The summed E-state index contributed by atoms with van der Waals surface area (Å²) in [6, 6.07) is 29.4. The van der Waals surface area contributed by atoms with E-state index < -0.39 is 12.0 Å². The van der Waals surface area contributed by atoms with Gasteiger partial charge in [0.15, 0.2) is 5.78 Å². The topological polar surface area (TPSA) is 95.9 Å². The summed E-state index contributed by atoms with van der Waals surface area (Å²) < 4.78 is 5.91. The molecule has 7 nitrogen and oxygen atoms in total. The van der Waals surface area contributed by atoms with Crippen LogP contribution < -0.4 is 15.0 Å². The van der Waals surface area contributed by atoms with Crippen LogP contribution in [0.15, 0.2) is 103 Å². The first kappa shape index (κ1) is 31.3. The van der Waals surface area contributed by atoms with Crippen molar-refractivity contribution in [3.8, 4) is 5.75 Å². The number of amides is 1. The number of hydrogen-bond acceptors (Lipinski definition) is 5. The van der Waals surface area contributed by atoms with Crippen molar-refractivity contribution in [3.63, 3.8) is 0 Å². The third-order valence-electron chi connectivity index (χ3n) is 6.87. The highest BCUT2D eigenvalue weighted by molar-refractivity contribution is 6.30. The molecule has 8 heteroatoms. The van der Waals surface area contributed by atoms with Crippen LogP contribution in [0.1, 0.15) is 41.8 Å². The smallest absolute Gasteiger partial charge is 0.326 e. The number of anilines is 2. The molecule has 0 radical (unpaired) electrons. The highest BCUT2D eigenvalue weighted by Crippen LogP contribution is 2.23. The number of ether oxygens (including phenoxy) is 1. The molecule has 0 aromatic heterocycles. The molecule has 4 rings (SSSR count). The summed E-state index contributed by atoms with van der Waals surface area (Å²) in [5, 5.41) is 13.6. The Kier molecular flexibility index (Phi) is 10.9. The fourth-order valence-electron chi connectivity index (χ4n) is 4.63. The van der Waals surface area contributed by atoms with E-state index in [9.17, 15) is 19.5 Å². The standard InChI is InChI=1S/C35H35ClN2O5/c1-24(2)34(40)38(28-13-8-12-27(36)23-28)20-9-21-43-29-18-16-25(17-19-29)22-32(35(41)42)37-31-15-7-6-14-30(31)33(39)26-10-4-3-5-11-26/h3-8,10-19,23-24,32,37H,9,20-22H2,1-2H3,(H,41,42)/t32-/m0/s1. The predicted molar refractivity (Wildman–Crippen MR) is 170 cm³/mol. The van der Waals surface area contributed by atoms with Crippen LogP contribution in [-0.2, 0) is 16.0 Å². The first-order chi connectivity index (χ1) is 20.7.